The van der Waals surface area contributed by atoms with Gasteiger partial charge in [0.15, 0.2) is 0 Å². The summed E-state index contributed by atoms with van der Waals surface area (Å²) in [6.45, 7) is 6.96. The smallest absolute Gasteiger partial charge is 0.0234 e. The van der Waals surface area contributed by atoms with Crippen molar-refractivity contribution in [3.8, 4) is 0 Å². The van der Waals surface area contributed by atoms with Crippen LogP contribution in [-0.2, 0) is 6.54 Å². The minimum absolute atomic E-state index is 0.758. The Balaban J connectivity index is 1.85. The lowest BCUT2D eigenvalue weighted by Crippen LogP contribution is -2.34. The zero-order valence-corrected chi connectivity index (χ0v) is 10.4. The van der Waals surface area contributed by atoms with Gasteiger partial charge in [-0.05, 0) is 25.6 Å². The predicted molar refractivity (Wildman–Crippen MR) is 68.4 cm³/mol. The van der Waals surface area contributed by atoms with Crippen molar-refractivity contribution in [2.45, 2.75) is 25.9 Å². The van der Waals surface area contributed by atoms with E-state index in [-0.39, 0.29) is 0 Å². The predicted octanol–water partition coefficient (Wildman–Crippen LogP) is 2.21. The number of hydrogen-bond donors (Lipinski definition) is 0. The van der Waals surface area contributed by atoms with E-state index >= 15 is 0 Å². The Hall–Kier alpha value is -0.860. The molecule has 0 amide bonds. The molecule has 0 bridgehead atoms. The first-order valence-electron chi connectivity index (χ1n) is 6.26. The van der Waals surface area contributed by atoms with Crippen molar-refractivity contribution in [2.24, 2.45) is 0 Å². The van der Waals surface area contributed by atoms with Crippen LogP contribution in [0, 0.1) is 0 Å². The molecule has 2 rings (SSSR count). The third kappa shape index (κ3) is 2.83. The molecule has 1 heterocycles. The summed E-state index contributed by atoms with van der Waals surface area (Å²) >= 11 is 0. The molecule has 2 nitrogen and oxygen atoms in total. The molecule has 88 valence electrons. The Bertz CT molecular complexity index is 310. The molecule has 0 radical (unpaired) electrons. The summed E-state index contributed by atoms with van der Waals surface area (Å²) in [5, 5.41) is 0. The monoisotopic (exact) mass is 218 g/mol. The summed E-state index contributed by atoms with van der Waals surface area (Å²) < 4.78 is 0. The maximum atomic E-state index is 2.56. The van der Waals surface area contributed by atoms with Crippen LogP contribution in [0.4, 0.5) is 0 Å². The topological polar surface area (TPSA) is 6.48 Å². The summed E-state index contributed by atoms with van der Waals surface area (Å²) in [6.07, 6.45) is 1.32. The van der Waals surface area contributed by atoms with Crippen LogP contribution in [0.2, 0.25) is 0 Å². The third-order valence-electron chi connectivity index (χ3n) is 3.62. The van der Waals surface area contributed by atoms with Gasteiger partial charge in [-0.1, -0.05) is 37.3 Å². The number of rotatable bonds is 4. The van der Waals surface area contributed by atoms with Gasteiger partial charge in [0.05, 0.1) is 0 Å². The first-order chi connectivity index (χ1) is 7.79. The van der Waals surface area contributed by atoms with Crippen molar-refractivity contribution in [2.75, 3.05) is 26.7 Å². The van der Waals surface area contributed by atoms with Crippen molar-refractivity contribution in [3.63, 3.8) is 0 Å². The lowest BCUT2D eigenvalue weighted by molar-refractivity contribution is 0.238. The molecule has 0 unspecified atom stereocenters. The first kappa shape index (κ1) is 11.6. The molecule has 0 N–H and O–H groups in total. The highest BCUT2D eigenvalue weighted by Crippen LogP contribution is 2.16. The van der Waals surface area contributed by atoms with E-state index in [9.17, 15) is 0 Å². The van der Waals surface area contributed by atoms with Gasteiger partial charge < -0.3 is 4.90 Å². The van der Waals surface area contributed by atoms with Crippen LogP contribution >= 0.6 is 0 Å². The molecule has 1 aliphatic heterocycles. The van der Waals surface area contributed by atoms with Crippen molar-refractivity contribution in [3.05, 3.63) is 35.9 Å². The second kappa shape index (κ2) is 5.46. The van der Waals surface area contributed by atoms with Crippen LogP contribution in [0.25, 0.3) is 0 Å². The SMILES string of the molecule is CCN(C)[C@H]1CCN(Cc2ccccc2)C1. The van der Waals surface area contributed by atoms with Crippen LogP contribution in [0.1, 0.15) is 18.9 Å². The van der Waals surface area contributed by atoms with Crippen molar-refractivity contribution in [1.29, 1.82) is 0 Å². The fourth-order valence-corrected chi connectivity index (χ4v) is 2.42. The quantitative estimate of drug-likeness (QED) is 0.764. The average molecular weight is 218 g/mol. The molecule has 2 heteroatoms. The fourth-order valence-electron chi connectivity index (χ4n) is 2.42. The molecule has 0 aromatic heterocycles. The van der Waals surface area contributed by atoms with E-state index in [0.717, 1.165) is 19.1 Å². The Labute approximate surface area is 98.9 Å². The summed E-state index contributed by atoms with van der Waals surface area (Å²) in [5.41, 5.74) is 1.43. The molecule has 1 atom stereocenters. The molecule has 16 heavy (non-hydrogen) atoms. The van der Waals surface area contributed by atoms with Crippen molar-refractivity contribution < 1.29 is 0 Å². The molecule has 0 aliphatic carbocycles. The fraction of sp³-hybridized carbons (Fsp3) is 0.571. The van der Waals surface area contributed by atoms with Gasteiger partial charge in [0, 0.05) is 25.7 Å². The van der Waals surface area contributed by atoms with Crippen LogP contribution in [0.15, 0.2) is 30.3 Å². The summed E-state index contributed by atoms with van der Waals surface area (Å²) in [5.74, 6) is 0. The van der Waals surface area contributed by atoms with E-state index in [2.05, 4.69) is 54.1 Å². The van der Waals surface area contributed by atoms with Gasteiger partial charge in [-0.3, -0.25) is 4.90 Å². The van der Waals surface area contributed by atoms with Crippen LogP contribution < -0.4 is 0 Å². The highest BCUT2D eigenvalue weighted by molar-refractivity contribution is 5.14. The minimum Gasteiger partial charge on any atom is -0.302 e. The first-order valence-corrected chi connectivity index (χ1v) is 6.26. The lowest BCUT2D eigenvalue weighted by Gasteiger charge is -2.23. The Morgan fingerprint density at radius 2 is 2.06 bits per heavy atom. The second-order valence-electron chi connectivity index (χ2n) is 4.74. The van der Waals surface area contributed by atoms with E-state index in [1.165, 1.54) is 25.1 Å². The molecule has 0 saturated carbocycles. The standard InChI is InChI=1S/C14H22N2/c1-3-15(2)14-9-10-16(12-14)11-13-7-5-4-6-8-13/h4-8,14H,3,9-12H2,1-2H3/t14-/m0/s1. The average Bonchev–Trinajstić information content (AvgIpc) is 2.78. The molecule has 1 saturated heterocycles. The van der Waals surface area contributed by atoms with E-state index in [1.807, 2.05) is 0 Å². The second-order valence-corrected chi connectivity index (χ2v) is 4.74. The number of hydrogen-bond acceptors (Lipinski definition) is 2. The van der Waals surface area contributed by atoms with Crippen LogP contribution in [-0.4, -0.2) is 42.5 Å². The lowest BCUT2D eigenvalue weighted by atomic mass is 10.2. The Kier molecular flexibility index (Phi) is 3.97. The van der Waals surface area contributed by atoms with Gasteiger partial charge in [0.25, 0.3) is 0 Å². The number of nitrogens with zero attached hydrogens (tertiary/aromatic N) is 2. The number of benzene rings is 1. The summed E-state index contributed by atoms with van der Waals surface area (Å²) in [7, 11) is 2.23. The van der Waals surface area contributed by atoms with E-state index in [1.54, 1.807) is 0 Å². The highest BCUT2D eigenvalue weighted by Gasteiger charge is 2.24. The molecular weight excluding hydrogens is 196 g/mol. The van der Waals surface area contributed by atoms with Gasteiger partial charge in [-0.2, -0.15) is 0 Å². The van der Waals surface area contributed by atoms with Gasteiger partial charge in [0.2, 0.25) is 0 Å². The number of likely N-dealkylation sites (N-methyl/N-ethyl adjacent to an activating group) is 1. The normalized spacial score (nSPS) is 21.8. The molecule has 1 aromatic rings. The largest absolute Gasteiger partial charge is 0.302 e. The van der Waals surface area contributed by atoms with Gasteiger partial charge in [0.1, 0.15) is 0 Å². The van der Waals surface area contributed by atoms with Gasteiger partial charge >= 0.3 is 0 Å². The maximum absolute atomic E-state index is 2.56. The van der Waals surface area contributed by atoms with Crippen molar-refractivity contribution in [1.82, 2.24) is 9.80 Å². The van der Waals surface area contributed by atoms with E-state index in [0.29, 0.717) is 0 Å². The number of likely N-dealkylation sites (tertiary alicyclic amines) is 1. The third-order valence-corrected chi connectivity index (χ3v) is 3.62. The highest BCUT2D eigenvalue weighted by atomic mass is 15.2. The zero-order chi connectivity index (χ0) is 11.4. The van der Waals surface area contributed by atoms with E-state index < -0.39 is 0 Å². The maximum Gasteiger partial charge on any atom is 0.0234 e. The zero-order valence-electron chi connectivity index (χ0n) is 10.4. The minimum atomic E-state index is 0.758. The van der Waals surface area contributed by atoms with Crippen LogP contribution in [0.3, 0.4) is 0 Å². The van der Waals surface area contributed by atoms with Crippen LogP contribution in [0.5, 0.6) is 0 Å². The molecule has 1 aliphatic rings. The Morgan fingerprint density at radius 3 is 2.75 bits per heavy atom. The molecule has 0 spiro atoms. The van der Waals surface area contributed by atoms with E-state index in [4.69, 9.17) is 0 Å². The molecule has 1 aromatic carbocycles. The van der Waals surface area contributed by atoms with Gasteiger partial charge in [-0.15, -0.1) is 0 Å². The molecule has 1 fully saturated rings. The summed E-state index contributed by atoms with van der Waals surface area (Å²) in [4.78, 5) is 5.02. The van der Waals surface area contributed by atoms with Gasteiger partial charge in [-0.25, -0.2) is 0 Å². The Morgan fingerprint density at radius 1 is 1.31 bits per heavy atom. The summed E-state index contributed by atoms with van der Waals surface area (Å²) in [6, 6.07) is 11.5. The molecular formula is C14H22N2. The van der Waals surface area contributed by atoms with Crippen molar-refractivity contribution >= 4 is 0 Å².